The van der Waals surface area contributed by atoms with Gasteiger partial charge in [-0.3, -0.25) is 4.79 Å². The second-order valence-electron chi connectivity index (χ2n) is 8.21. The summed E-state index contributed by atoms with van der Waals surface area (Å²) in [5.41, 5.74) is 1.01. The molecule has 2 heterocycles. The Labute approximate surface area is 169 Å². The number of likely N-dealkylation sites (N-methyl/N-ethyl adjacent to an activating group) is 1. The van der Waals surface area contributed by atoms with Crippen LogP contribution in [0.15, 0.2) is 29.2 Å². The highest BCUT2D eigenvalue weighted by Gasteiger charge is 2.26. The van der Waals surface area contributed by atoms with E-state index in [0.29, 0.717) is 36.9 Å². The molecule has 1 aromatic rings. The summed E-state index contributed by atoms with van der Waals surface area (Å²) in [5.74, 6) is 0.191. The minimum atomic E-state index is -3.39. The van der Waals surface area contributed by atoms with Gasteiger partial charge in [0.25, 0.3) is 0 Å². The first-order chi connectivity index (χ1) is 13.4. The van der Waals surface area contributed by atoms with Crippen LogP contribution in [0.5, 0.6) is 0 Å². The molecule has 0 saturated carbocycles. The van der Waals surface area contributed by atoms with Gasteiger partial charge in [0.2, 0.25) is 15.9 Å². The molecule has 0 spiro atoms. The first-order valence-corrected chi connectivity index (χ1v) is 11.9. The van der Waals surface area contributed by atoms with Crippen LogP contribution in [0.25, 0.3) is 0 Å². The van der Waals surface area contributed by atoms with Crippen molar-refractivity contribution in [1.29, 1.82) is 0 Å². The van der Waals surface area contributed by atoms with E-state index in [4.69, 9.17) is 0 Å². The number of hydrogen-bond acceptors (Lipinski definition) is 4. The summed E-state index contributed by atoms with van der Waals surface area (Å²) in [5, 5.41) is 0. The lowest BCUT2D eigenvalue weighted by Crippen LogP contribution is -2.47. The largest absolute Gasteiger partial charge is 0.341 e. The molecule has 7 heteroatoms. The van der Waals surface area contributed by atoms with Gasteiger partial charge in [-0.05, 0) is 63.9 Å². The number of carbonyl (C=O) groups is 1. The van der Waals surface area contributed by atoms with E-state index in [-0.39, 0.29) is 5.91 Å². The predicted octanol–water partition coefficient (Wildman–Crippen LogP) is 2.35. The van der Waals surface area contributed by atoms with Crippen LogP contribution in [0, 0.1) is 0 Å². The number of benzene rings is 1. The molecule has 0 aromatic heterocycles. The van der Waals surface area contributed by atoms with Gasteiger partial charge in [-0.15, -0.1) is 0 Å². The molecule has 0 bridgehead atoms. The van der Waals surface area contributed by atoms with Crippen LogP contribution < -0.4 is 0 Å². The standard InChI is InChI=1S/C21H33N3O3S/c1-22(2)19-7-6-14-23(17-19)21(25)13-10-18-8-11-20(12-9-18)28(26,27)24-15-4-3-5-16-24/h8-9,11-12,19H,3-7,10,13-17H2,1-2H3. The van der Waals surface area contributed by atoms with E-state index in [9.17, 15) is 13.2 Å². The van der Waals surface area contributed by atoms with Crippen molar-refractivity contribution in [3.05, 3.63) is 29.8 Å². The maximum absolute atomic E-state index is 12.7. The Bertz CT molecular complexity index is 756. The van der Waals surface area contributed by atoms with Crippen LogP contribution in [-0.2, 0) is 21.2 Å². The van der Waals surface area contributed by atoms with Gasteiger partial charge in [0.15, 0.2) is 0 Å². The van der Waals surface area contributed by atoms with Gasteiger partial charge >= 0.3 is 0 Å². The van der Waals surface area contributed by atoms with Crippen molar-refractivity contribution in [3.8, 4) is 0 Å². The third kappa shape index (κ3) is 5.13. The predicted molar refractivity (Wildman–Crippen MR) is 111 cm³/mol. The number of aryl methyl sites for hydroxylation is 1. The van der Waals surface area contributed by atoms with E-state index in [1.54, 1.807) is 16.4 Å². The number of likely N-dealkylation sites (tertiary alicyclic amines) is 1. The van der Waals surface area contributed by atoms with E-state index in [0.717, 1.165) is 50.8 Å². The second-order valence-corrected chi connectivity index (χ2v) is 10.1. The summed E-state index contributed by atoms with van der Waals surface area (Å²) in [6.07, 6.45) is 6.28. The molecule has 1 atom stereocenters. The molecule has 1 aromatic carbocycles. The number of piperidine rings is 2. The smallest absolute Gasteiger partial charge is 0.243 e. The van der Waals surface area contributed by atoms with Gasteiger partial charge in [0.1, 0.15) is 0 Å². The van der Waals surface area contributed by atoms with E-state index >= 15 is 0 Å². The fourth-order valence-corrected chi connectivity index (χ4v) is 5.61. The highest BCUT2D eigenvalue weighted by atomic mass is 32.2. The van der Waals surface area contributed by atoms with Crippen LogP contribution in [-0.4, -0.2) is 74.7 Å². The first-order valence-electron chi connectivity index (χ1n) is 10.4. The molecule has 6 nitrogen and oxygen atoms in total. The first kappa shape index (κ1) is 21.3. The van der Waals surface area contributed by atoms with Crippen molar-refractivity contribution in [2.24, 2.45) is 0 Å². The molecule has 2 aliphatic rings. The zero-order valence-corrected chi connectivity index (χ0v) is 18.0. The van der Waals surface area contributed by atoms with Crippen LogP contribution in [0.1, 0.15) is 44.1 Å². The molecule has 3 rings (SSSR count). The Balaban J connectivity index is 1.55. The number of amides is 1. The average Bonchev–Trinajstić information content (AvgIpc) is 2.73. The third-order valence-electron chi connectivity index (χ3n) is 5.98. The van der Waals surface area contributed by atoms with Gasteiger partial charge in [-0.25, -0.2) is 8.42 Å². The minimum absolute atomic E-state index is 0.191. The second kappa shape index (κ2) is 9.37. The summed E-state index contributed by atoms with van der Waals surface area (Å²) < 4.78 is 27.0. The Morgan fingerprint density at radius 2 is 1.71 bits per heavy atom. The average molecular weight is 408 g/mol. The van der Waals surface area contributed by atoms with E-state index in [2.05, 4.69) is 19.0 Å². The maximum atomic E-state index is 12.7. The van der Waals surface area contributed by atoms with Crippen molar-refractivity contribution >= 4 is 15.9 Å². The van der Waals surface area contributed by atoms with Gasteiger partial charge in [-0.1, -0.05) is 18.6 Å². The number of carbonyl (C=O) groups excluding carboxylic acids is 1. The zero-order chi connectivity index (χ0) is 20.1. The molecule has 0 radical (unpaired) electrons. The maximum Gasteiger partial charge on any atom is 0.243 e. The van der Waals surface area contributed by atoms with Crippen molar-refractivity contribution in [2.75, 3.05) is 40.3 Å². The molecule has 2 fully saturated rings. The molecule has 1 amide bonds. The van der Waals surface area contributed by atoms with Crippen LogP contribution in [0.4, 0.5) is 0 Å². The van der Waals surface area contributed by atoms with E-state index in [1.165, 1.54) is 0 Å². The molecular formula is C21H33N3O3S. The van der Waals surface area contributed by atoms with Gasteiger partial charge < -0.3 is 9.80 Å². The Kier molecular flexibility index (Phi) is 7.12. The number of nitrogens with zero attached hydrogens (tertiary/aromatic N) is 3. The number of hydrogen-bond donors (Lipinski definition) is 0. The Morgan fingerprint density at radius 1 is 1.04 bits per heavy atom. The lowest BCUT2D eigenvalue weighted by molar-refractivity contribution is -0.133. The molecule has 2 aliphatic heterocycles. The topological polar surface area (TPSA) is 60.9 Å². The van der Waals surface area contributed by atoms with Crippen molar-refractivity contribution in [3.63, 3.8) is 0 Å². The minimum Gasteiger partial charge on any atom is -0.341 e. The quantitative estimate of drug-likeness (QED) is 0.726. The molecule has 156 valence electrons. The summed E-state index contributed by atoms with van der Waals surface area (Å²) in [6.45, 7) is 2.87. The van der Waals surface area contributed by atoms with Gasteiger partial charge in [0.05, 0.1) is 4.90 Å². The van der Waals surface area contributed by atoms with Crippen molar-refractivity contribution < 1.29 is 13.2 Å². The molecular weight excluding hydrogens is 374 g/mol. The Morgan fingerprint density at radius 3 is 2.36 bits per heavy atom. The fourth-order valence-electron chi connectivity index (χ4n) is 4.09. The van der Waals surface area contributed by atoms with Crippen LogP contribution in [0.3, 0.4) is 0 Å². The summed E-state index contributed by atoms with van der Waals surface area (Å²) in [4.78, 5) is 17.1. The SMILES string of the molecule is CN(C)C1CCCN(C(=O)CCc2ccc(S(=O)(=O)N3CCCCC3)cc2)C1. The Hall–Kier alpha value is -1.44. The van der Waals surface area contributed by atoms with Crippen molar-refractivity contribution in [1.82, 2.24) is 14.1 Å². The number of sulfonamides is 1. The fraction of sp³-hybridized carbons (Fsp3) is 0.667. The molecule has 0 aliphatic carbocycles. The highest BCUT2D eigenvalue weighted by Crippen LogP contribution is 2.21. The van der Waals surface area contributed by atoms with E-state index in [1.807, 2.05) is 17.0 Å². The molecule has 1 unspecified atom stereocenters. The summed E-state index contributed by atoms with van der Waals surface area (Å²) in [7, 11) is 0.747. The van der Waals surface area contributed by atoms with Gasteiger partial charge in [-0.2, -0.15) is 4.31 Å². The lowest BCUT2D eigenvalue weighted by atomic mass is 10.0. The molecule has 2 saturated heterocycles. The molecule has 28 heavy (non-hydrogen) atoms. The summed E-state index contributed by atoms with van der Waals surface area (Å²) in [6, 6.07) is 7.52. The zero-order valence-electron chi connectivity index (χ0n) is 17.1. The van der Waals surface area contributed by atoms with E-state index < -0.39 is 10.0 Å². The lowest BCUT2D eigenvalue weighted by Gasteiger charge is -2.36. The normalized spacial score (nSPS) is 21.8. The summed E-state index contributed by atoms with van der Waals surface area (Å²) >= 11 is 0. The third-order valence-corrected chi connectivity index (χ3v) is 7.90. The van der Waals surface area contributed by atoms with Gasteiger partial charge in [0, 0.05) is 38.6 Å². The van der Waals surface area contributed by atoms with Crippen LogP contribution >= 0.6 is 0 Å². The molecule has 0 N–H and O–H groups in total. The van der Waals surface area contributed by atoms with Crippen molar-refractivity contribution in [2.45, 2.75) is 55.9 Å². The highest BCUT2D eigenvalue weighted by molar-refractivity contribution is 7.89. The van der Waals surface area contributed by atoms with Crippen LogP contribution in [0.2, 0.25) is 0 Å². The monoisotopic (exact) mass is 407 g/mol. The number of rotatable bonds is 6.